The van der Waals surface area contributed by atoms with E-state index in [1.165, 1.54) is 19.3 Å². The molecule has 5 nitrogen and oxygen atoms in total. The van der Waals surface area contributed by atoms with Crippen LogP contribution < -0.4 is 5.32 Å². The molecule has 0 amide bonds. The van der Waals surface area contributed by atoms with Crippen molar-refractivity contribution in [2.75, 3.05) is 30.7 Å². The minimum atomic E-state index is 0. The summed E-state index contributed by atoms with van der Waals surface area (Å²) in [4.78, 5) is 12.0. The number of anilines is 1. The third kappa shape index (κ3) is 4.94. The molecule has 2 aromatic rings. The van der Waals surface area contributed by atoms with Gasteiger partial charge in [0.05, 0.1) is 5.69 Å². The summed E-state index contributed by atoms with van der Waals surface area (Å²) in [6.45, 7) is 4.04. The summed E-state index contributed by atoms with van der Waals surface area (Å²) in [6, 6.07) is 10.3. The summed E-state index contributed by atoms with van der Waals surface area (Å²) < 4.78 is 2.26. The number of aliphatic imine (C=N–C) groups is 1. The maximum atomic E-state index is 4.90. The topological polar surface area (TPSA) is 45.5 Å². The van der Waals surface area contributed by atoms with Crippen LogP contribution in [-0.2, 0) is 13.0 Å². The molecule has 1 saturated heterocycles. The van der Waals surface area contributed by atoms with E-state index in [1.54, 1.807) is 0 Å². The highest BCUT2D eigenvalue weighted by Crippen LogP contribution is 2.24. The van der Waals surface area contributed by atoms with Crippen LogP contribution in [0.1, 0.15) is 25.0 Å². The van der Waals surface area contributed by atoms with Crippen LogP contribution >= 0.6 is 35.7 Å². The van der Waals surface area contributed by atoms with Crippen LogP contribution in [0.25, 0.3) is 0 Å². The van der Waals surface area contributed by atoms with E-state index in [-0.39, 0.29) is 24.0 Å². The summed E-state index contributed by atoms with van der Waals surface area (Å²) in [7, 11) is 0. The molecule has 1 N–H and O–H groups in total. The van der Waals surface area contributed by atoms with Gasteiger partial charge in [-0.2, -0.15) is 0 Å². The molecule has 0 aliphatic carbocycles. The van der Waals surface area contributed by atoms with Gasteiger partial charge in [0.25, 0.3) is 0 Å². The number of likely N-dealkylation sites (tertiary alicyclic amines) is 1. The lowest BCUT2D eigenvalue weighted by Crippen LogP contribution is -2.40. The van der Waals surface area contributed by atoms with Crippen molar-refractivity contribution in [1.29, 1.82) is 0 Å². The first-order chi connectivity index (χ1) is 12.4. The van der Waals surface area contributed by atoms with Crippen LogP contribution in [0.4, 0.5) is 5.69 Å². The van der Waals surface area contributed by atoms with Crippen molar-refractivity contribution in [2.24, 2.45) is 4.99 Å². The fourth-order valence-electron chi connectivity index (χ4n) is 3.33. The number of guanidine groups is 1. The Bertz CT molecular complexity index is 703. The van der Waals surface area contributed by atoms with Gasteiger partial charge in [-0.25, -0.2) is 4.98 Å². The summed E-state index contributed by atoms with van der Waals surface area (Å²) in [5.41, 5.74) is 2.26. The highest BCUT2D eigenvalue weighted by Gasteiger charge is 2.16. The van der Waals surface area contributed by atoms with Gasteiger partial charge >= 0.3 is 0 Å². The van der Waals surface area contributed by atoms with Gasteiger partial charge in [0.1, 0.15) is 0 Å². The second kappa shape index (κ2) is 9.64. The molecule has 1 aromatic carbocycles. The molecule has 7 heteroatoms. The number of halogens is 1. The lowest BCUT2D eigenvalue weighted by atomic mass is 10.1. The SMILES string of the molecule is I.c1ccc(NC(=NCCc2cn3c(n2)SCC3)N2CCCCC2)cc1. The summed E-state index contributed by atoms with van der Waals surface area (Å²) in [5, 5.41) is 4.68. The molecular formula is C19H26IN5S. The molecule has 2 aliphatic heterocycles. The number of thioether (sulfide) groups is 1. The predicted molar refractivity (Wildman–Crippen MR) is 120 cm³/mol. The Morgan fingerprint density at radius 3 is 2.69 bits per heavy atom. The van der Waals surface area contributed by atoms with E-state index in [2.05, 4.69) is 45.2 Å². The number of nitrogens with zero attached hydrogens (tertiary/aromatic N) is 4. The highest BCUT2D eigenvalue weighted by molar-refractivity contribution is 14.0. The van der Waals surface area contributed by atoms with Gasteiger partial charge in [0.15, 0.2) is 11.1 Å². The molecule has 1 aromatic heterocycles. The quantitative estimate of drug-likeness (QED) is 0.404. The molecule has 26 heavy (non-hydrogen) atoms. The van der Waals surface area contributed by atoms with E-state index in [1.807, 2.05) is 17.8 Å². The van der Waals surface area contributed by atoms with Gasteiger partial charge in [0.2, 0.25) is 0 Å². The first kappa shape index (κ1) is 19.5. The Hall–Kier alpha value is -1.22. The summed E-state index contributed by atoms with van der Waals surface area (Å²) in [5.74, 6) is 2.16. The van der Waals surface area contributed by atoms with Crippen LogP contribution in [0.2, 0.25) is 0 Å². The van der Waals surface area contributed by atoms with Crippen molar-refractivity contribution >= 4 is 47.4 Å². The summed E-state index contributed by atoms with van der Waals surface area (Å²) >= 11 is 1.85. The maximum Gasteiger partial charge on any atom is 0.198 e. The average molecular weight is 483 g/mol. The fourth-order valence-corrected chi connectivity index (χ4v) is 4.30. The maximum absolute atomic E-state index is 4.90. The highest BCUT2D eigenvalue weighted by atomic mass is 127. The van der Waals surface area contributed by atoms with Crippen molar-refractivity contribution in [3.05, 3.63) is 42.2 Å². The van der Waals surface area contributed by atoms with Gasteiger partial charge < -0.3 is 14.8 Å². The number of hydrogen-bond donors (Lipinski definition) is 1. The molecule has 4 rings (SSSR count). The zero-order valence-corrected chi connectivity index (χ0v) is 18.1. The number of imidazole rings is 1. The van der Waals surface area contributed by atoms with Gasteiger partial charge in [-0.1, -0.05) is 30.0 Å². The fraction of sp³-hybridized carbons (Fsp3) is 0.474. The number of rotatable bonds is 4. The first-order valence-corrected chi connectivity index (χ1v) is 10.2. The van der Waals surface area contributed by atoms with Crippen LogP contribution in [0, 0.1) is 0 Å². The Labute approximate surface area is 176 Å². The molecular weight excluding hydrogens is 457 g/mol. The molecule has 140 valence electrons. The molecule has 3 heterocycles. The van der Waals surface area contributed by atoms with Crippen molar-refractivity contribution in [2.45, 2.75) is 37.4 Å². The zero-order chi connectivity index (χ0) is 16.9. The average Bonchev–Trinajstić information content (AvgIpc) is 3.24. The van der Waals surface area contributed by atoms with Crippen LogP contribution in [0.3, 0.4) is 0 Å². The van der Waals surface area contributed by atoms with E-state index >= 15 is 0 Å². The smallest absolute Gasteiger partial charge is 0.198 e. The third-order valence-corrected chi connectivity index (χ3v) is 5.64. The Morgan fingerprint density at radius 1 is 1.12 bits per heavy atom. The number of nitrogens with one attached hydrogen (secondary N) is 1. The monoisotopic (exact) mass is 483 g/mol. The number of fused-ring (bicyclic) bond motifs is 1. The van der Waals surface area contributed by atoms with Crippen LogP contribution in [0.5, 0.6) is 0 Å². The zero-order valence-electron chi connectivity index (χ0n) is 14.9. The molecule has 0 bridgehead atoms. The number of piperidine rings is 1. The second-order valence-corrected chi connectivity index (χ2v) is 7.61. The van der Waals surface area contributed by atoms with Crippen LogP contribution in [0.15, 0.2) is 46.7 Å². The standard InChI is InChI=1S/C19H25N5S.HI/c1-3-7-16(8-4-1)21-18(23-11-5-2-6-12-23)20-10-9-17-15-24-13-14-25-19(24)22-17;/h1,3-4,7-8,15H,2,5-6,9-14H2,(H,20,21);1H. The van der Waals surface area contributed by atoms with E-state index < -0.39 is 0 Å². The van der Waals surface area contributed by atoms with Crippen molar-refractivity contribution in [3.63, 3.8) is 0 Å². The van der Waals surface area contributed by atoms with E-state index in [0.717, 1.165) is 60.9 Å². The minimum absolute atomic E-state index is 0. The van der Waals surface area contributed by atoms with E-state index in [4.69, 9.17) is 9.98 Å². The Kier molecular flexibility index (Phi) is 7.24. The Morgan fingerprint density at radius 2 is 1.92 bits per heavy atom. The molecule has 0 saturated carbocycles. The van der Waals surface area contributed by atoms with Crippen molar-refractivity contribution < 1.29 is 0 Å². The molecule has 1 fully saturated rings. The number of aryl methyl sites for hydroxylation is 1. The van der Waals surface area contributed by atoms with Gasteiger partial charge in [-0.05, 0) is 31.4 Å². The Balaban J connectivity index is 0.00000196. The molecule has 0 unspecified atom stereocenters. The number of aromatic nitrogens is 2. The molecule has 0 spiro atoms. The second-order valence-electron chi connectivity index (χ2n) is 6.55. The lowest BCUT2D eigenvalue weighted by molar-refractivity contribution is 0.340. The third-order valence-electron chi connectivity index (χ3n) is 4.67. The normalized spacial score (nSPS) is 16.9. The lowest BCUT2D eigenvalue weighted by Gasteiger charge is -2.30. The van der Waals surface area contributed by atoms with Gasteiger partial charge in [-0.15, -0.1) is 24.0 Å². The van der Waals surface area contributed by atoms with Crippen LogP contribution in [-0.4, -0.2) is 45.8 Å². The van der Waals surface area contributed by atoms with Crippen molar-refractivity contribution in [3.8, 4) is 0 Å². The molecule has 0 atom stereocenters. The van der Waals surface area contributed by atoms with E-state index in [9.17, 15) is 0 Å². The summed E-state index contributed by atoms with van der Waals surface area (Å²) in [6.07, 6.45) is 6.92. The van der Waals surface area contributed by atoms with Crippen molar-refractivity contribution in [1.82, 2.24) is 14.5 Å². The largest absolute Gasteiger partial charge is 0.343 e. The molecule has 2 aliphatic rings. The van der Waals surface area contributed by atoms with Gasteiger partial charge in [0, 0.05) is 50.2 Å². The molecule has 0 radical (unpaired) electrons. The number of benzene rings is 1. The number of para-hydroxylation sites is 1. The van der Waals surface area contributed by atoms with Gasteiger partial charge in [-0.3, -0.25) is 4.99 Å². The predicted octanol–water partition coefficient (Wildman–Crippen LogP) is 4.10. The minimum Gasteiger partial charge on any atom is -0.343 e. The van der Waals surface area contributed by atoms with E-state index in [0.29, 0.717) is 0 Å². The first-order valence-electron chi connectivity index (χ1n) is 9.19. The number of hydrogen-bond acceptors (Lipinski definition) is 3.